The second-order valence-corrected chi connectivity index (χ2v) is 7.74. The van der Waals surface area contributed by atoms with Crippen LogP contribution in [0.1, 0.15) is 55.3 Å². The number of rotatable bonds is 2. The van der Waals surface area contributed by atoms with Crippen molar-refractivity contribution in [2.24, 2.45) is 17.8 Å². The van der Waals surface area contributed by atoms with Gasteiger partial charge in [-0.1, -0.05) is 37.8 Å². The van der Waals surface area contributed by atoms with Crippen LogP contribution < -0.4 is 0 Å². The van der Waals surface area contributed by atoms with Crippen LogP contribution in [0.3, 0.4) is 0 Å². The molecule has 2 fully saturated rings. The van der Waals surface area contributed by atoms with Gasteiger partial charge in [0.15, 0.2) is 5.78 Å². The predicted molar refractivity (Wildman–Crippen MR) is 88.9 cm³/mol. The zero-order valence-corrected chi connectivity index (χ0v) is 13.2. The summed E-state index contributed by atoms with van der Waals surface area (Å²) in [6.45, 7) is 0. The van der Waals surface area contributed by atoms with E-state index in [-0.39, 0.29) is 5.92 Å². The van der Waals surface area contributed by atoms with Crippen molar-refractivity contribution < 1.29 is 4.79 Å². The lowest BCUT2D eigenvalue weighted by molar-refractivity contribution is 0.0765. The van der Waals surface area contributed by atoms with E-state index in [0.29, 0.717) is 5.78 Å². The van der Waals surface area contributed by atoms with Crippen LogP contribution in [0.2, 0.25) is 0 Å². The minimum Gasteiger partial charge on any atom is -0.294 e. The summed E-state index contributed by atoms with van der Waals surface area (Å²) < 4.78 is 1.19. The molecule has 1 aromatic carbocycles. The van der Waals surface area contributed by atoms with E-state index >= 15 is 0 Å². The van der Waals surface area contributed by atoms with Crippen LogP contribution in [0.15, 0.2) is 29.6 Å². The van der Waals surface area contributed by atoms with E-state index < -0.39 is 0 Å². The summed E-state index contributed by atoms with van der Waals surface area (Å²) in [6.07, 6.45) is 9.09. The Morgan fingerprint density at radius 1 is 1.00 bits per heavy atom. The van der Waals surface area contributed by atoms with Gasteiger partial charge in [0.05, 0.1) is 0 Å². The van der Waals surface area contributed by atoms with Crippen LogP contribution in [-0.4, -0.2) is 5.78 Å². The second-order valence-electron chi connectivity index (χ2n) is 6.82. The molecule has 0 N–H and O–H groups in total. The molecule has 2 aromatic rings. The highest BCUT2D eigenvalue weighted by Crippen LogP contribution is 2.44. The van der Waals surface area contributed by atoms with E-state index in [9.17, 15) is 4.79 Å². The quantitative estimate of drug-likeness (QED) is 0.651. The number of carbonyl (C=O) groups excluding carboxylic acids is 1. The van der Waals surface area contributed by atoms with Crippen LogP contribution in [0.4, 0.5) is 0 Å². The van der Waals surface area contributed by atoms with E-state index in [4.69, 9.17) is 0 Å². The SMILES string of the molecule is O=C(c1cccc2ccsc12)C1CCC2CCCCC2C1. The van der Waals surface area contributed by atoms with Gasteiger partial charge in [-0.05, 0) is 54.0 Å². The lowest BCUT2D eigenvalue weighted by atomic mass is 9.66. The van der Waals surface area contributed by atoms with E-state index in [0.717, 1.165) is 30.2 Å². The van der Waals surface area contributed by atoms with Gasteiger partial charge in [-0.15, -0.1) is 11.3 Å². The summed E-state index contributed by atoms with van der Waals surface area (Å²) in [5.41, 5.74) is 0.974. The number of hydrogen-bond acceptors (Lipinski definition) is 2. The van der Waals surface area contributed by atoms with Crippen LogP contribution in [0.5, 0.6) is 0 Å². The zero-order chi connectivity index (χ0) is 14.2. The van der Waals surface area contributed by atoms with Gasteiger partial charge >= 0.3 is 0 Å². The fourth-order valence-electron chi connectivity index (χ4n) is 4.52. The Bertz CT molecular complexity index is 656. The Morgan fingerprint density at radius 2 is 1.86 bits per heavy atom. The average Bonchev–Trinajstić information content (AvgIpc) is 3.02. The highest BCUT2D eigenvalue weighted by molar-refractivity contribution is 7.17. The van der Waals surface area contributed by atoms with Crippen molar-refractivity contribution in [3.05, 3.63) is 35.2 Å². The first-order valence-corrected chi connectivity index (χ1v) is 9.21. The van der Waals surface area contributed by atoms with Crippen molar-refractivity contribution in [2.45, 2.75) is 44.9 Å². The second kappa shape index (κ2) is 5.57. The molecule has 4 rings (SSSR count). The molecular formula is C19H22OS. The van der Waals surface area contributed by atoms with Crippen molar-refractivity contribution in [2.75, 3.05) is 0 Å². The van der Waals surface area contributed by atoms with Crippen molar-refractivity contribution in [1.82, 2.24) is 0 Å². The molecule has 0 aliphatic heterocycles. The minimum atomic E-state index is 0.275. The Morgan fingerprint density at radius 3 is 2.76 bits per heavy atom. The van der Waals surface area contributed by atoms with Crippen molar-refractivity contribution in [3.63, 3.8) is 0 Å². The Labute approximate surface area is 130 Å². The minimum absolute atomic E-state index is 0.275. The summed E-state index contributed by atoms with van der Waals surface area (Å²) in [4.78, 5) is 13.0. The fourth-order valence-corrected chi connectivity index (χ4v) is 5.44. The van der Waals surface area contributed by atoms with Gasteiger partial charge in [0.25, 0.3) is 0 Å². The molecule has 1 aromatic heterocycles. The lowest BCUT2D eigenvalue weighted by Crippen LogP contribution is -2.31. The number of thiophene rings is 1. The highest BCUT2D eigenvalue weighted by Gasteiger charge is 2.35. The van der Waals surface area contributed by atoms with E-state index in [1.165, 1.54) is 42.2 Å². The van der Waals surface area contributed by atoms with E-state index in [1.807, 2.05) is 12.1 Å². The van der Waals surface area contributed by atoms with Gasteiger partial charge in [-0.2, -0.15) is 0 Å². The third-order valence-corrected chi connectivity index (χ3v) is 6.62. The third-order valence-electron chi connectivity index (χ3n) is 5.65. The van der Waals surface area contributed by atoms with Gasteiger partial charge < -0.3 is 0 Å². The molecular weight excluding hydrogens is 276 g/mol. The molecule has 0 bridgehead atoms. The number of benzene rings is 1. The molecule has 2 aliphatic carbocycles. The summed E-state index contributed by atoms with van der Waals surface area (Å²) >= 11 is 1.71. The van der Waals surface area contributed by atoms with Crippen LogP contribution >= 0.6 is 11.3 Å². The Kier molecular flexibility index (Phi) is 3.58. The number of hydrogen-bond donors (Lipinski definition) is 0. The molecule has 110 valence electrons. The van der Waals surface area contributed by atoms with E-state index in [1.54, 1.807) is 11.3 Å². The normalized spacial score (nSPS) is 29.2. The highest BCUT2D eigenvalue weighted by atomic mass is 32.1. The largest absolute Gasteiger partial charge is 0.294 e. The van der Waals surface area contributed by atoms with Crippen molar-refractivity contribution >= 4 is 27.2 Å². The molecule has 0 saturated heterocycles. The first kappa shape index (κ1) is 13.5. The van der Waals surface area contributed by atoms with Crippen LogP contribution in [0.25, 0.3) is 10.1 Å². The maximum Gasteiger partial charge on any atom is 0.167 e. The zero-order valence-electron chi connectivity index (χ0n) is 12.4. The first-order chi connectivity index (χ1) is 10.3. The maximum absolute atomic E-state index is 13.0. The standard InChI is InChI=1S/C19H22OS/c20-18(17-7-3-6-14-10-11-21-19(14)17)16-9-8-13-4-1-2-5-15(13)12-16/h3,6-7,10-11,13,15-16H,1-2,4-5,8-9,12H2. The molecule has 0 spiro atoms. The van der Waals surface area contributed by atoms with E-state index in [2.05, 4.69) is 17.5 Å². The molecule has 21 heavy (non-hydrogen) atoms. The molecule has 3 unspecified atom stereocenters. The molecule has 0 amide bonds. The van der Waals surface area contributed by atoms with Gasteiger partial charge in [0, 0.05) is 16.2 Å². The maximum atomic E-state index is 13.0. The van der Waals surface area contributed by atoms with Gasteiger partial charge in [-0.25, -0.2) is 0 Å². The summed E-state index contributed by atoms with van der Waals surface area (Å²) in [5, 5.41) is 3.32. The Hall–Kier alpha value is -1.15. The number of fused-ring (bicyclic) bond motifs is 2. The molecule has 2 aliphatic rings. The van der Waals surface area contributed by atoms with Gasteiger partial charge in [-0.3, -0.25) is 4.79 Å². The molecule has 1 heterocycles. The first-order valence-electron chi connectivity index (χ1n) is 8.33. The molecule has 3 atom stereocenters. The number of carbonyl (C=O) groups is 1. The van der Waals surface area contributed by atoms with Crippen LogP contribution in [0, 0.1) is 17.8 Å². The molecule has 2 heteroatoms. The number of ketones is 1. The Balaban J connectivity index is 1.59. The molecule has 0 radical (unpaired) electrons. The van der Waals surface area contributed by atoms with Crippen molar-refractivity contribution in [1.29, 1.82) is 0 Å². The van der Waals surface area contributed by atoms with Gasteiger partial charge in [0.1, 0.15) is 0 Å². The third kappa shape index (κ3) is 2.44. The monoisotopic (exact) mass is 298 g/mol. The topological polar surface area (TPSA) is 17.1 Å². The average molecular weight is 298 g/mol. The summed E-state index contributed by atoms with van der Waals surface area (Å²) in [7, 11) is 0. The lowest BCUT2D eigenvalue weighted by Gasteiger charge is -2.38. The summed E-state index contributed by atoms with van der Waals surface area (Å²) in [5.74, 6) is 2.42. The summed E-state index contributed by atoms with van der Waals surface area (Å²) in [6, 6.07) is 8.30. The fraction of sp³-hybridized carbons (Fsp3) is 0.526. The van der Waals surface area contributed by atoms with Crippen molar-refractivity contribution in [3.8, 4) is 0 Å². The van der Waals surface area contributed by atoms with Crippen LogP contribution in [-0.2, 0) is 0 Å². The smallest absolute Gasteiger partial charge is 0.167 e. The molecule has 2 saturated carbocycles. The predicted octanol–water partition coefficient (Wildman–Crippen LogP) is 5.69. The molecule has 1 nitrogen and oxygen atoms in total. The van der Waals surface area contributed by atoms with Gasteiger partial charge in [0.2, 0.25) is 0 Å². The number of Topliss-reactive ketones (excluding diaryl/α,β-unsaturated/α-hetero) is 1.